The van der Waals surface area contributed by atoms with Gasteiger partial charge in [-0.3, -0.25) is 14.4 Å². The first-order valence-corrected chi connectivity index (χ1v) is 26.0. The largest absolute Gasteiger partial charge is 0.462 e. The Labute approximate surface area is 361 Å². The van der Waals surface area contributed by atoms with Gasteiger partial charge in [0.25, 0.3) is 0 Å². The zero-order chi connectivity index (χ0) is 42.3. The van der Waals surface area contributed by atoms with E-state index < -0.39 is 6.10 Å². The summed E-state index contributed by atoms with van der Waals surface area (Å²) in [5.74, 6) is -0.841. The molecule has 58 heavy (non-hydrogen) atoms. The molecule has 0 aliphatic rings. The number of carbonyl (C=O) groups is 3. The second-order valence-corrected chi connectivity index (χ2v) is 17.8. The molecular weight excluding hydrogens is 721 g/mol. The summed E-state index contributed by atoms with van der Waals surface area (Å²) in [7, 11) is 0. The second-order valence-electron chi connectivity index (χ2n) is 17.8. The minimum atomic E-state index is -0.759. The van der Waals surface area contributed by atoms with E-state index in [0.29, 0.717) is 19.3 Å². The maximum atomic E-state index is 12.8. The van der Waals surface area contributed by atoms with Crippen LogP contribution in [0.15, 0.2) is 0 Å². The van der Waals surface area contributed by atoms with Crippen molar-refractivity contribution in [3.63, 3.8) is 0 Å². The van der Waals surface area contributed by atoms with E-state index in [1.165, 1.54) is 199 Å². The lowest BCUT2D eigenvalue weighted by Crippen LogP contribution is -2.30. The summed E-state index contributed by atoms with van der Waals surface area (Å²) < 4.78 is 16.8. The van der Waals surface area contributed by atoms with Gasteiger partial charge >= 0.3 is 17.9 Å². The molecule has 0 heterocycles. The Morgan fingerprint density at radius 1 is 0.276 bits per heavy atom. The van der Waals surface area contributed by atoms with Crippen molar-refractivity contribution in [2.45, 2.75) is 303 Å². The molecule has 0 aromatic heterocycles. The summed E-state index contributed by atoms with van der Waals surface area (Å²) in [6.45, 7) is 6.68. The van der Waals surface area contributed by atoms with E-state index in [1.807, 2.05) is 0 Å². The molecule has 0 radical (unpaired) electrons. The molecule has 0 amide bonds. The van der Waals surface area contributed by atoms with Crippen LogP contribution in [0.25, 0.3) is 0 Å². The zero-order valence-electron chi connectivity index (χ0n) is 39.3. The Morgan fingerprint density at radius 2 is 0.466 bits per heavy atom. The van der Waals surface area contributed by atoms with Gasteiger partial charge in [-0.25, -0.2) is 0 Å². The van der Waals surface area contributed by atoms with E-state index in [1.54, 1.807) is 0 Å². The highest BCUT2D eigenvalue weighted by Gasteiger charge is 2.19. The second kappa shape index (κ2) is 48.1. The molecule has 0 N–H and O–H groups in total. The normalized spacial score (nSPS) is 11.8. The molecule has 0 fully saturated rings. The molecule has 0 aromatic rings. The number of ether oxygens (including phenoxy) is 3. The molecule has 0 rings (SSSR count). The highest BCUT2D eigenvalue weighted by Crippen LogP contribution is 2.17. The minimum Gasteiger partial charge on any atom is -0.462 e. The van der Waals surface area contributed by atoms with E-state index in [0.717, 1.165) is 57.8 Å². The van der Waals surface area contributed by atoms with Crippen molar-refractivity contribution in [3.8, 4) is 0 Å². The lowest BCUT2D eigenvalue weighted by Gasteiger charge is -2.18. The van der Waals surface area contributed by atoms with Gasteiger partial charge in [-0.05, 0) is 19.3 Å². The average molecular weight is 821 g/mol. The molecule has 0 unspecified atom stereocenters. The van der Waals surface area contributed by atoms with Crippen molar-refractivity contribution in [2.24, 2.45) is 0 Å². The molecule has 0 saturated heterocycles. The van der Waals surface area contributed by atoms with Gasteiger partial charge in [-0.15, -0.1) is 0 Å². The van der Waals surface area contributed by atoms with E-state index in [-0.39, 0.29) is 31.1 Å². The fourth-order valence-electron chi connectivity index (χ4n) is 7.92. The summed E-state index contributed by atoms with van der Waals surface area (Å²) in [5.41, 5.74) is 0. The van der Waals surface area contributed by atoms with E-state index in [4.69, 9.17) is 14.2 Å². The highest BCUT2D eigenvalue weighted by atomic mass is 16.6. The van der Waals surface area contributed by atoms with Crippen LogP contribution in [0.1, 0.15) is 297 Å². The Morgan fingerprint density at radius 3 is 0.690 bits per heavy atom. The first-order chi connectivity index (χ1) is 28.5. The number of rotatable bonds is 48. The molecular formula is C52H100O6. The van der Waals surface area contributed by atoms with Crippen LogP contribution in [-0.2, 0) is 28.6 Å². The third-order valence-corrected chi connectivity index (χ3v) is 11.9. The highest BCUT2D eigenvalue weighted by molar-refractivity contribution is 5.71. The lowest BCUT2D eigenvalue weighted by atomic mass is 10.0. The van der Waals surface area contributed by atoms with Gasteiger partial charge in [0.2, 0.25) is 0 Å². The number of carbonyl (C=O) groups excluding carboxylic acids is 3. The van der Waals surface area contributed by atoms with E-state index in [2.05, 4.69) is 20.8 Å². The van der Waals surface area contributed by atoms with Crippen LogP contribution in [0.4, 0.5) is 0 Å². The third kappa shape index (κ3) is 45.5. The summed E-state index contributed by atoms with van der Waals surface area (Å²) in [6.07, 6.45) is 50.8. The van der Waals surface area contributed by atoms with Crippen LogP contribution in [0.3, 0.4) is 0 Å². The van der Waals surface area contributed by atoms with Gasteiger partial charge in [-0.2, -0.15) is 0 Å². The first-order valence-electron chi connectivity index (χ1n) is 26.0. The van der Waals surface area contributed by atoms with E-state index >= 15 is 0 Å². The molecule has 0 saturated carbocycles. The van der Waals surface area contributed by atoms with Crippen LogP contribution in [0.2, 0.25) is 0 Å². The van der Waals surface area contributed by atoms with Crippen LogP contribution in [-0.4, -0.2) is 37.2 Å². The molecule has 0 spiro atoms. The van der Waals surface area contributed by atoms with Crippen LogP contribution < -0.4 is 0 Å². The van der Waals surface area contributed by atoms with Crippen molar-refractivity contribution in [2.75, 3.05) is 13.2 Å². The number of hydrogen-bond acceptors (Lipinski definition) is 6. The van der Waals surface area contributed by atoms with Crippen molar-refractivity contribution in [3.05, 3.63) is 0 Å². The summed E-state index contributed by atoms with van der Waals surface area (Å²) in [6, 6.07) is 0. The van der Waals surface area contributed by atoms with Crippen molar-refractivity contribution < 1.29 is 28.6 Å². The Bertz CT molecular complexity index is 859. The maximum Gasteiger partial charge on any atom is 0.306 e. The Kier molecular flexibility index (Phi) is 46.8. The standard InChI is InChI=1S/C52H100O6/c1-4-7-10-13-16-19-22-25-26-27-28-31-33-36-39-42-45-51(54)57-48-49(58-52(55)46-43-40-37-34-30-24-21-18-15-12-9-6-3)47-56-50(53)44-41-38-35-32-29-23-20-17-14-11-8-5-2/h49H,4-48H2,1-3H3/t49-/m1/s1. The van der Waals surface area contributed by atoms with Crippen molar-refractivity contribution >= 4 is 17.9 Å². The third-order valence-electron chi connectivity index (χ3n) is 11.9. The molecule has 344 valence electrons. The van der Waals surface area contributed by atoms with Gasteiger partial charge in [0.1, 0.15) is 13.2 Å². The summed E-state index contributed by atoms with van der Waals surface area (Å²) in [5, 5.41) is 0. The molecule has 1 atom stereocenters. The quantitative estimate of drug-likeness (QED) is 0.0346. The fourth-order valence-corrected chi connectivity index (χ4v) is 7.92. The predicted octanol–water partition coefficient (Wildman–Crippen LogP) is 16.8. The molecule has 6 heteroatoms. The van der Waals surface area contributed by atoms with Crippen LogP contribution in [0.5, 0.6) is 0 Å². The molecule has 6 nitrogen and oxygen atoms in total. The number of hydrogen-bond donors (Lipinski definition) is 0. The van der Waals surface area contributed by atoms with Gasteiger partial charge in [0.05, 0.1) is 0 Å². The first kappa shape index (κ1) is 56.4. The minimum absolute atomic E-state index is 0.0617. The maximum absolute atomic E-state index is 12.8. The molecule has 0 bridgehead atoms. The van der Waals surface area contributed by atoms with Crippen molar-refractivity contribution in [1.82, 2.24) is 0 Å². The SMILES string of the molecule is CCCCCCCCCCCCCCCCCCC(=O)OC[C@@H](COC(=O)CCCCCCCCCCCCCC)OC(=O)CCCCCCCCCCCCCC. The van der Waals surface area contributed by atoms with E-state index in [9.17, 15) is 14.4 Å². The summed E-state index contributed by atoms with van der Waals surface area (Å²) >= 11 is 0. The number of unbranched alkanes of at least 4 members (excludes halogenated alkanes) is 37. The molecule has 0 aliphatic heterocycles. The number of esters is 3. The fraction of sp³-hybridized carbons (Fsp3) is 0.942. The van der Waals surface area contributed by atoms with Gasteiger partial charge in [0, 0.05) is 19.3 Å². The van der Waals surface area contributed by atoms with Gasteiger partial charge in [-0.1, -0.05) is 258 Å². The topological polar surface area (TPSA) is 78.9 Å². The lowest BCUT2D eigenvalue weighted by molar-refractivity contribution is -0.167. The van der Waals surface area contributed by atoms with Gasteiger partial charge in [0.15, 0.2) is 6.10 Å². The Balaban J connectivity index is 4.28. The monoisotopic (exact) mass is 821 g/mol. The van der Waals surface area contributed by atoms with Crippen LogP contribution >= 0.6 is 0 Å². The Hall–Kier alpha value is -1.59. The van der Waals surface area contributed by atoms with Crippen LogP contribution in [0, 0.1) is 0 Å². The molecule has 0 aromatic carbocycles. The van der Waals surface area contributed by atoms with Gasteiger partial charge < -0.3 is 14.2 Å². The zero-order valence-corrected chi connectivity index (χ0v) is 39.3. The average Bonchev–Trinajstić information content (AvgIpc) is 3.22. The molecule has 0 aliphatic carbocycles. The van der Waals surface area contributed by atoms with Crippen molar-refractivity contribution in [1.29, 1.82) is 0 Å². The predicted molar refractivity (Wildman–Crippen MR) is 247 cm³/mol. The smallest absolute Gasteiger partial charge is 0.306 e. The summed E-state index contributed by atoms with van der Waals surface area (Å²) in [4.78, 5) is 37.9.